The lowest BCUT2D eigenvalue weighted by molar-refractivity contribution is -0.145. The fourth-order valence-electron chi connectivity index (χ4n) is 4.04. The van der Waals surface area contributed by atoms with Crippen LogP contribution in [0.1, 0.15) is 25.7 Å². The number of likely N-dealkylation sites (tertiary alicyclic amines) is 1. The summed E-state index contributed by atoms with van der Waals surface area (Å²) in [6.07, 6.45) is 6.95. The summed E-state index contributed by atoms with van der Waals surface area (Å²) < 4.78 is 27.8. The van der Waals surface area contributed by atoms with E-state index in [9.17, 15) is 18.0 Å². The largest absolute Gasteiger partial charge is 0.282 e. The quantitative estimate of drug-likeness (QED) is 0.534. The van der Waals surface area contributed by atoms with Gasteiger partial charge < -0.3 is 0 Å². The van der Waals surface area contributed by atoms with Crippen molar-refractivity contribution >= 4 is 22.0 Å². The van der Waals surface area contributed by atoms with E-state index in [4.69, 9.17) is 0 Å². The second kappa shape index (κ2) is 5.39. The van der Waals surface area contributed by atoms with Crippen LogP contribution in [0.3, 0.4) is 0 Å². The van der Waals surface area contributed by atoms with Crippen LogP contribution < -0.4 is 0 Å². The van der Waals surface area contributed by atoms with Crippen LogP contribution in [0.25, 0.3) is 0 Å². The van der Waals surface area contributed by atoms with Crippen LogP contribution in [0.15, 0.2) is 12.2 Å². The summed E-state index contributed by atoms with van der Waals surface area (Å²) in [7, 11) is -3.42. The Morgan fingerprint density at radius 3 is 1.91 bits per heavy atom. The molecule has 4 rings (SSSR count). The third kappa shape index (κ3) is 2.27. The molecular weight excluding hydrogens is 318 g/mol. The lowest BCUT2D eigenvalue weighted by atomic mass is 9.85. The van der Waals surface area contributed by atoms with Crippen LogP contribution in [-0.2, 0) is 19.8 Å². The predicted molar refractivity (Wildman–Crippen MR) is 82.3 cm³/mol. The minimum Gasteiger partial charge on any atom is -0.276 e. The van der Waals surface area contributed by atoms with Gasteiger partial charge in [0.2, 0.25) is 11.8 Å². The van der Waals surface area contributed by atoms with Crippen LogP contribution in [0.2, 0.25) is 0 Å². The van der Waals surface area contributed by atoms with E-state index in [-0.39, 0.29) is 42.8 Å². The van der Waals surface area contributed by atoms with Crippen LogP contribution in [0.5, 0.6) is 0 Å². The molecule has 2 atom stereocenters. The van der Waals surface area contributed by atoms with Crippen molar-refractivity contribution < 1.29 is 18.0 Å². The average Bonchev–Trinajstić information content (AvgIpc) is 3.10. The third-order valence-corrected chi connectivity index (χ3v) is 7.42. The minimum absolute atomic E-state index is 0.118. The summed E-state index contributed by atoms with van der Waals surface area (Å²) in [6.45, 7) is 1.62. The Morgan fingerprint density at radius 2 is 1.39 bits per heavy atom. The molecule has 0 saturated carbocycles. The molecule has 3 saturated heterocycles. The number of hydrogen-bond donors (Lipinski definition) is 0. The fraction of sp³-hybridized carbons (Fsp3) is 0.733. The molecule has 7 nitrogen and oxygen atoms in total. The standard InChI is InChI=1S/C15H21N3O4S/c19-14-12-5-1-2-6-13(12)15(20)18(14)11-9-17(10-11)23(21,22)16-7-3-4-8-16/h1-2,11-13H,3-10H2/t12-,13+. The molecule has 126 valence electrons. The van der Waals surface area contributed by atoms with Gasteiger partial charge in [0.15, 0.2) is 0 Å². The van der Waals surface area contributed by atoms with E-state index in [1.165, 1.54) is 13.5 Å². The van der Waals surface area contributed by atoms with Crippen molar-refractivity contribution in [3.63, 3.8) is 0 Å². The van der Waals surface area contributed by atoms with E-state index in [0.29, 0.717) is 25.9 Å². The van der Waals surface area contributed by atoms with E-state index in [1.807, 2.05) is 12.2 Å². The zero-order valence-corrected chi connectivity index (χ0v) is 13.7. The molecule has 2 amide bonds. The van der Waals surface area contributed by atoms with Gasteiger partial charge in [-0.05, 0) is 25.7 Å². The van der Waals surface area contributed by atoms with Crippen molar-refractivity contribution in [2.24, 2.45) is 11.8 Å². The van der Waals surface area contributed by atoms with Crippen molar-refractivity contribution in [2.75, 3.05) is 26.2 Å². The van der Waals surface area contributed by atoms with Crippen molar-refractivity contribution in [3.8, 4) is 0 Å². The number of hydrogen-bond acceptors (Lipinski definition) is 4. The number of carbonyl (C=O) groups excluding carboxylic acids is 2. The molecule has 1 aliphatic carbocycles. The average molecular weight is 339 g/mol. The number of rotatable bonds is 3. The van der Waals surface area contributed by atoms with Gasteiger partial charge in [0.1, 0.15) is 0 Å². The zero-order chi connectivity index (χ0) is 16.2. The Morgan fingerprint density at radius 1 is 0.870 bits per heavy atom. The summed E-state index contributed by atoms with van der Waals surface area (Å²) in [5.41, 5.74) is 0. The number of allylic oxidation sites excluding steroid dienone is 2. The highest BCUT2D eigenvalue weighted by Crippen LogP contribution is 2.38. The summed E-state index contributed by atoms with van der Waals surface area (Å²) in [6, 6.07) is -0.294. The van der Waals surface area contributed by atoms with Gasteiger partial charge in [-0.2, -0.15) is 17.0 Å². The van der Waals surface area contributed by atoms with E-state index in [0.717, 1.165) is 12.8 Å². The Balaban J connectivity index is 1.44. The third-order valence-electron chi connectivity index (χ3n) is 5.45. The molecule has 3 fully saturated rings. The summed E-state index contributed by atoms with van der Waals surface area (Å²) >= 11 is 0. The summed E-state index contributed by atoms with van der Waals surface area (Å²) in [5.74, 6) is -0.714. The molecule has 23 heavy (non-hydrogen) atoms. The van der Waals surface area contributed by atoms with Gasteiger partial charge >= 0.3 is 0 Å². The number of imide groups is 1. The Hall–Kier alpha value is -1.25. The minimum atomic E-state index is -3.42. The van der Waals surface area contributed by atoms with Gasteiger partial charge in [-0.1, -0.05) is 12.2 Å². The first-order chi connectivity index (χ1) is 11.0. The van der Waals surface area contributed by atoms with Gasteiger partial charge in [0.25, 0.3) is 10.2 Å². The number of fused-ring (bicyclic) bond motifs is 1. The SMILES string of the molecule is O=C1[C@H]2CC=CC[C@H]2C(=O)N1C1CN(S(=O)(=O)N2CCCC2)C1. The lowest BCUT2D eigenvalue weighted by Crippen LogP contribution is -2.64. The monoisotopic (exact) mass is 339 g/mol. The molecule has 0 radical (unpaired) electrons. The molecule has 0 aromatic heterocycles. The highest BCUT2D eigenvalue weighted by Gasteiger charge is 2.53. The van der Waals surface area contributed by atoms with Gasteiger partial charge in [0.05, 0.1) is 17.9 Å². The van der Waals surface area contributed by atoms with Gasteiger partial charge in [-0.15, -0.1) is 0 Å². The molecule has 0 spiro atoms. The lowest BCUT2D eigenvalue weighted by Gasteiger charge is -2.43. The fourth-order valence-corrected chi connectivity index (χ4v) is 5.80. The van der Waals surface area contributed by atoms with Crippen LogP contribution in [0.4, 0.5) is 0 Å². The van der Waals surface area contributed by atoms with E-state index in [1.54, 1.807) is 0 Å². The molecule has 3 aliphatic heterocycles. The smallest absolute Gasteiger partial charge is 0.276 e. The van der Waals surface area contributed by atoms with Gasteiger partial charge in [-0.25, -0.2) is 0 Å². The first-order valence-corrected chi connectivity index (χ1v) is 9.67. The van der Waals surface area contributed by atoms with E-state index in [2.05, 4.69) is 0 Å². The van der Waals surface area contributed by atoms with E-state index >= 15 is 0 Å². The van der Waals surface area contributed by atoms with E-state index < -0.39 is 10.2 Å². The maximum absolute atomic E-state index is 12.5. The molecule has 3 heterocycles. The molecule has 4 aliphatic rings. The van der Waals surface area contributed by atoms with Crippen molar-refractivity contribution in [3.05, 3.63) is 12.2 Å². The molecule has 0 N–H and O–H groups in total. The molecule has 0 aromatic carbocycles. The predicted octanol–water partition coefficient (Wildman–Crippen LogP) is -0.0376. The number of carbonyl (C=O) groups is 2. The summed E-state index contributed by atoms with van der Waals surface area (Å²) in [5, 5.41) is 0. The van der Waals surface area contributed by atoms with Gasteiger partial charge in [0, 0.05) is 26.2 Å². The molecular formula is C15H21N3O4S. The number of nitrogens with zero attached hydrogens (tertiary/aromatic N) is 3. The van der Waals surface area contributed by atoms with Crippen LogP contribution in [0, 0.1) is 11.8 Å². The molecule has 0 aromatic rings. The second-order valence-electron chi connectivity index (χ2n) is 6.79. The highest BCUT2D eigenvalue weighted by atomic mass is 32.2. The first-order valence-electron chi connectivity index (χ1n) is 8.27. The second-order valence-corrected chi connectivity index (χ2v) is 8.72. The normalized spacial score (nSPS) is 33.3. The topological polar surface area (TPSA) is 78.0 Å². The van der Waals surface area contributed by atoms with Crippen molar-refractivity contribution in [1.82, 2.24) is 13.5 Å². The summed E-state index contributed by atoms with van der Waals surface area (Å²) in [4.78, 5) is 26.3. The van der Waals surface area contributed by atoms with Crippen LogP contribution in [-0.4, -0.2) is 66.0 Å². The Labute approximate surface area is 136 Å². The zero-order valence-electron chi connectivity index (χ0n) is 12.9. The maximum atomic E-state index is 12.5. The molecule has 0 bridgehead atoms. The highest BCUT2D eigenvalue weighted by molar-refractivity contribution is 7.86. The van der Waals surface area contributed by atoms with Crippen molar-refractivity contribution in [1.29, 1.82) is 0 Å². The van der Waals surface area contributed by atoms with Crippen LogP contribution >= 0.6 is 0 Å². The number of amides is 2. The maximum Gasteiger partial charge on any atom is 0.282 e. The van der Waals surface area contributed by atoms with Gasteiger partial charge in [-0.3, -0.25) is 14.5 Å². The molecule has 0 unspecified atom stereocenters. The molecule has 8 heteroatoms. The first kappa shape index (κ1) is 15.3. The Bertz CT molecular complexity index is 636. The Kier molecular flexibility index (Phi) is 3.58. The van der Waals surface area contributed by atoms with Crippen molar-refractivity contribution in [2.45, 2.75) is 31.7 Å².